The molecule has 1 aromatic rings. The molecule has 18 heavy (non-hydrogen) atoms. The number of hydrogen-bond donors (Lipinski definition) is 0. The van der Waals surface area contributed by atoms with Crippen LogP contribution in [-0.2, 0) is 17.8 Å². The second-order valence-corrected chi connectivity index (χ2v) is 6.60. The van der Waals surface area contributed by atoms with Gasteiger partial charge in [0.2, 0.25) is 0 Å². The lowest BCUT2D eigenvalue weighted by Gasteiger charge is -2.07. The molecule has 2 atom stereocenters. The fourth-order valence-electron chi connectivity index (χ4n) is 3.34. The highest BCUT2D eigenvalue weighted by Crippen LogP contribution is 2.59. The van der Waals surface area contributed by atoms with Gasteiger partial charge in [-0.15, -0.1) is 0 Å². The van der Waals surface area contributed by atoms with E-state index in [1.807, 2.05) is 18.5 Å². The molecule has 0 unspecified atom stereocenters. The molecule has 0 radical (unpaired) electrons. The monoisotopic (exact) mass is 244 g/mol. The van der Waals surface area contributed by atoms with Crippen molar-refractivity contribution in [3.63, 3.8) is 0 Å². The first-order chi connectivity index (χ1) is 8.65. The van der Waals surface area contributed by atoms with Crippen LogP contribution in [0.3, 0.4) is 0 Å². The number of fused-ring (bicyclic) bond motifs is 3. The molecule has 0 aliphatic heterocycles. The topological polar surface area (TPSA) is 34.9 Å². The predicted molar refractivity (Wildman–Crippen MR) is 68.6 cm³/mol. The molecule has 3 aliphatic carbocycles. The fraction of sp³-hybridized carbons (Fsp3) is 0.733. The minimum absolute atomic E-state index is 0.116. The Balaban J connectivity index is 1.69. The van der Waals surface area contributed by atoms with Gasteiger partial charge in [-0.25, -0.2) is 0 Å². The molecule has 3 heteroatoms. The van der Waals surface area contributed by atoms with E-state index < -0.39 is 0 Å². The summed E-state index contributed by atoms with van der Waals surface area (Å²) in [5.41, 5.74) is 4.30. The number of ketones is 1. The summed E-state index contributed by atoms with van der Waals surface area (Å²) in [6.45, 7) is 4.45. The van der Waals surface area contributed by atoms with Gasteiger partial charge >= 0.3 is 0 Å². The van der Waals surface area contributed by atoms with Gasteiger partial charge in [0.1, 0.15) is 6.54 Å². The van der Waals surface area contributed by atoms with Crippen LogP contribution in [0.2, 0.25) is 0 Å². The Morgan fingerprint density at radius 1 is 1.44 bits per heavy atom. The molecule has 96 valence electrons. The van der Waals surface area contributed by atoms with Crippen molar-refractivity contribution in [1.29, 1.82) is 0 Å². The lowest BCUT2D eigenvalue weighted by Crippen LogP contribution is -2.18. The summed E-state index contributed by atoms with van der Waals surface area (Å²) < 4.78 is 2.04. The third kappa shape index (κ3) is 1.49. The first-order valence-electron chi connectivity index (χ1n) is 7.27. The average Bonchev–Trinajstić information content (AvgIpc) is 3.22. The van der Waals surface area contributed by atoms with Crippen LogP contribution in [0.5, 0.6) is 0 Å². The maximum absolute atomic E-state index is 11.9. The van der Waals surface area contributed by atoms with Crippen molar-refractivity contribution >= 4 is 5.78 Å². The highest BCUT2D eigenvalue weighted by molar-refractivity contribution is 5.80. The van der Waals surface area contributed by atoms with Crippen LogP contribution >= 0.6 is 0 Å². The molecule has 3 aliphatic rings. The van der Waals surface area contributed by atoms with E-state index in [0.717, 1.165) is 11.8 Å². The standard InChI is InChI=1S/C15H20N2O/c1-8(2)13(18)7-17-12-6-10-5-11(10)14(12)15(16-17)9-3-4-9/h8-11H,3-7H2,1-2H3/t10-,11-/m0/s1. The Labute approximate surface area is 108 Å². The van der Waals surface area contributed by atoms with Crippen LogP contribution in [0.1, 0.15) is 61.9 Å². The minimum atomic E-state index is 0.116. The van der Waals surface area contributed by atoms with E-state index in [2.05, 4.69) is 0 Å². The maximum atomic E-state index is 11.9. The van der Waals surface area contributed by atoms with Gasteiger partial charge in [-0.1, -0.05) is 13.8 Å². The van der Waals surface area contributed by atoms with Crippen molar-refractivity contribution in [2.75, 3.05) is 0 Å². The Morgan fingerprint density at radius 3 is 2.89 bits per heavy atom. The van der Waals surface area contributed by atoms with E-state index in [0.29, 0.717) is 18.2 Å². The zero-order valence-corrected chi connectivity index (χ0v) is 11.1. The summed E-state index contributed by atoms with van der Waals surface area (Å²) in [5.74, 6) is 2.83. The van der Waals surface area contributed by atoms with E-state index in [-0.39, 0.29) is 5.92 Å². The zero-order valence-electron chi connectivity index (χ0n) is 11.1. The van der Waals surface area contributed by atoms with Gasteiger partial charge in [0.15, 0.2) is 5.78 Å². The average molecular weight is 244 g/mol. The lowest BCUT2D eigenvalue weighted by molar-refractivity contribution is -0.122. The quantitative estimate of drug-likeness (QED) is 0.816. The molecule has 3 nitrogen and oxygen atoms in total. The lowest BCUT2D eigenvalue weighted by atomic mass is 10.1. The van der Waals surface area contributed by atoms with Crippen LogP contribution < -0.4 is 0 Å². The smallest absolute Gasteiger partial charge is 0.156 e. The predicted octanol–water partition coefficient (Wildman–Crippen LogP) is 2.65. The Morgan fingerprint density at radius 2 is 2.22 bits per heavy atom. The summed E-state index contributed by atoms with van der Waals surface area (Å²) in [4.78, 5) is 11.9. The van der Waals surface area contributed by atoms with Crippen LogP contribution in [0.4, 0.5) is 0 Å². The molecule has 4 rings (SSSR count). The summed E-state index contributed by atoms with van der Waals surface area (Å²) in [5, 5.41) is 4.79. The molecule has 0 saturated heterocycles. The third-order valence-corrected chi connectivity index (χ3v) is 4.79. The second-order valence-electron chi connectivity index (χ2n) is 6.60. The number of aromatic nitrogens is 2. The summed E-state index contributed by atoms with van der Waals surface area (Å²) in [6.07, 6.45) is 5.15. The molecule has 0 aromatic carbocycles. The van der Waals surface area contributed by atoms with Crippen LogP contribution in [0.15, 0.2) is 0 Å². The first-order valence-corrected chi connectivity index (χ1v) is 7.27. The van der Waals surface area contributed by atoms with Crippen molar-refractivity contribution in [3.05, 3.63) is 17.0 Å². The number of carbonyl (C=O) groups is 1. The highest BCUT2D eigenvalue weighted by Gasteiger charge is 2.50. The number of Topliss-reactive ketones (excluding diaryl/α,β-unsaturated/α-hetero) is 1. The fourth-order valence-corrected chi connectivity index (χ4v) is 3.34. The number of carbonyl (C=O) groups excluding carboxylic acids is 1. The Hall–Kier alpha value is -1.12. The van der Waals surface area contributed by atoms with E-state index in [1.54, 1.807) is 5.56 Å². The molecule has 2 saturated carbocycles. The van der Waals surface area contributed by atoms with Crippen molar-refractivity contribution in [2.24, 2.45) is 11.8 Å². The van der Waals surface area contributed by atoms with Crippen molar-refractivity contribution in [3.8, 4) is 0 Å². The molecule has 2 fully saturated rings. The Bertz CT molecular complexity index is 525. The largest absolute Gasteiger partial charge is 0.297 e. The molecular weight excluding hydrogens is 224 g/mol. The van der Waals surface area contributed by atoms with Crippen molar-refractivity contribution in [1.82, 2.24) is 9.78 Å². The van der Waals surface area contributed by atoms with E-state index in [9.17, 15) is 4.79 Å². The molecule has 1 heterocycles. The number of rotatable bonds is 4. The van der Waals surface area contributed by atoms with Crippen LogP contribution in [0, 0.1) is 11.8 Å². The van der Waals surface area contributed by atoms with Gasteiger partial charge in [-0.3, -0.25) is 9.48 Å². The first kappa shape index (κ1) is 10.8. The summed E-state index contributed by atoms with van der Waals surface area (Å²) >= 11 is 0. The van der Waals surface area contributed by atoms with Gasteiger partial charge in [-0.05, 0) is 37.5 Å². The molecule has 0 N–H and O–H groups in total. The van der Waals surface area contributed by atoms with Gasteiger partial charge in [-0.2, -0.15) is 5.10 Å². The molecule has 0 spiro atoms. The molecule has 0 amide bonds. The maximum Gasteiger partial charge on any atom is 0.156 e. The number of hydrogen-bond acceptors (Lipinski definition) is 2. The molecule has 0 bridgehead atoms. The SMILES string of the molecule is CC(C)C(=O)Cn1nc(C2CC2)c2c1C[C@@H]1C[C@H]21. The second kappa shape index (κ2) is 3.46. The minimum Gasteiger partial charge on any atom is -0.297 e. The number of nitrogens with zero attached hydrogens (tertiary/aromatic N) is 2. The summed E-state index contributed by atoms with van der Waals surface area (Å²) in [7, 11) is 0. The third-order valence-electron chi connectivity index (χ3n) is 4.79. The van der Waals surface area contributed by atoms with Gasteiger partial charge in [0.05, 0.1) is 5.69 Å². The van der Waals surface area contributed by atoms with E-state index >= 15 is 0 Å². The van der Waals surface area contributed by atoms with Gasteiger partial charge < -0.3 is 0 Å². The van der Waals surface area contributed by atoms with Crippen LogP contribution in [0.25, 0.3) is 0 Å². The van der Waals surface area contributed by atoms with Crippen molar-refractivity contribution in [2.45, 2.75) is 57.9 Å². The van der Waals surface area contributed by atoms with E-state index in [1.165, 1.54) is 37.1 Å². The molecule has 1 aromatic heterocycles. The van der Waals surface area contributed by atoms with Crippen molar-refractivity contribution < 1.29 is 4.79 Å². The van der Waals surface area contributed by atoms with Crippen LogP contribution in [-0.4, -0.2) is 15.6 Å². The van der Waals surface area contributed by atoms with Gasteiger partial charge in [0.25, 0.3) is 0 Å². The zero-order chi connectivity index (χ0) is 12.4. The highest BCUT2D eigenvalue weighted by atomic mass is 16.1. The van der Waals surface area contributed by atoms with E-state index in [4.69, 9.17) is 5.10 Å². The molecular formula is C15H20N2O. The van der Waals surface area contributed by atoms with Gasteiger partial charge in [0, 0.05) is 23.1 Å². The summed E-state index contributed by atoms with van der Waals surface area (Å²) in [6, 6.07) is 0. The normalized spacial score (nSPS) is 28.4. The Kier molecular flexibility index (Phi) is 2.07.